The van der Waals surface area contributed by atoms with Crippen LogP contribution in [0.2, 0.25) is 0 Å². The van der Waals surface area contributed by atoms with E-state index in [1.165, 1.54) is 32.1 Å². The molecule has 1 atom stereocenters. The maximum Gasteiger partial charge on any atom is 0.306 e. The number of carboxylic acid groups (broad SMARTS) is 1. The highest BCUT2D eigenvalue weighted by Gasteiger charge is 2.13. The predicted molar refractivity (Wildman–Crippen MR) is 96.1 cm³/mol. The Morgan fingerprint density at radius 3 is 2.00 bits per heavy atom. The Hall–Kier alpha value is -1.31. The van der Waals surface area contributed by atoms with Gasteiger partial charge in [-0.1, -0.05) is 82.4 Å². The molecule has 0 radical (unpaired) electrons. The van der Waals surface area contributed by atoms with Crippen LogP contribution in [0, 0.1) is 5.92 Å². The summed E-state index contributed by atoms with van der Waals surface area (Å²) in [6.45, 7) is 4.16. The Kier molecular flexibility index (Phi) is 15.1. The fourth-order valence-electron chi connectivity index (χ4n) is 2.31. The molecule has 1 unspecified atom stereocenters. The average Bonchev–Trinajstić information content (AvgIpc) is 2.51. The Balaban J connectivity index is 3.45. The summed E-state index contributed by atoms with van der Waals surface area (Å²) < 4.78 is 0. The molecule has 0 aromatic rings. The van der Waals surface area contributed by atoms with Gasteiger partial charge in [-0.25, -0.2) is 0 Å². The molecule has 0 fully saturated rings. The molecule has 0 bridgehead atoms. The molecule has 0 rings (SSSR count). The van der Waals surface area contributed by atoms with Gasteiger partial charge in [0.1, 0.15) is 0 Å². The lowest BCUT2D eigenvalue weighted by Crippen LogP contribution is -2.12. The van der Waals surface area contributed by atoms with Crippen LogP contribution in [0.15, 0.2) is 36.5 Å². The topological polar surface area (TPSA) is 37.3 Å². The van der Waals surface area contributed by atoms with E-state index in [4.69, 9.17) is 5.11 Å². The molecular formula is C20H34O2. The number of unbranched alkanes of at least 4 members (excludes halogenated alkanes) is 6. The Morgan fingerprint density at radius 2 is 1.45 bits per heavy atom. The average molecular weight is 306 g/mol. The van der Waals surface area contributed by atoms with Gasteiger partial charge in [0.05, 0.1) is 5.92 Å². The second-order valence-corrected chi connectivity index (χ2v) is 5.82. The van der Waals surface area contributed by atoms with E-state index in [-0.39, 0.29) is 5.92 Å². The lowest BCUT2D eigenvalue weighted by molar-refractivity contribution is -0.142. The first-order valence-electron chi connectivity index (χ1n) is 8.93. The van der Waals surface area contributed by atoms with Gasteiger partial charge in [0.25, 0.3) is 0 Å². The molecule has 0 aliphatic carbocycles. The van der Waals surface area contributed by atoms with Crippen LogP contribution in [0.25, 0.3) is 0 Å². The maximum atomic E-state index is 10.9. The molecule has 0 aromatic heterocycles. The van der Waals surface area contributed by atoms with Crippen LogP contribution in [0.5, 0.6) is 0 Å². The molecule has 0 saturated carbocycles. The van der Waals surface area contributed by atoms with Gasteiger partial charge < -0.3 is 5.11 Å². The van der Waals surface area contributed by atoms with Gasteiger partial charge in [-0.05, 0) is 32.1 Å². The van der Waals surface area contributed by atoms with E-state index < -0.39 is 5.97 Å². The van der Waals surface area contributed by atoms with E-state index in [1.54, 1.807) is 0 Å². The third-order valence-corrected chi connectivity index (χ3v) is 3.85. The summed E-state index contributed by atoms with van der Waals surface area (Å²) in [6.07, 6.45) is 23.8. The van der Waals surface area contributed by atoms with Gasteiger partial charge in [0.15, 0.2) is 0 Å². The normalized spacial score (nSPS) is 13.5. The zero-order valence-corrected chi connectivity index (χ0v) is 14.5. The van der Waals surface area contributed by atoms with E-state index >= 15 is 0 Å². The van der Waals surface area contributed by atoms with Gasteiger partial charge in [-0.15, -0.1) is 0 Å². The fraction of sp³-hybridized carbons (Fsp3) is 0.650. The molecule has 22 heavy (non-hydrogen) atoms. The van der Waals surface area contributed by atoms with Crippen molar-refractivity contribution in [3.63, 3.8) is 0 Å². The van der Waals surface area contributed by atoms with Gasteiger partial charge >= 0.3 is 5.97 Å². The molecule has 0 aromatic carbocycles. The predicted octanol–water partition coefficient (Wildman–Crippen LogP) is 6.30. The van der Waals surface area contributed by atoms with Gasteiger partial charge in [0.2, 0.25) is 0 Å². The van der Waals surface area contributed by atoms with Crippen molar-refractivity contribution in [3.8, 4) is 0 Å². The first-order valence-corrected chi connectivity index (χ1v) is 8.93. The van der Waals surface area contributed by atoms with E-state index in [0.717, 1.165) is 32.1 Å². The number of aliphatic carboxylic acids is 1. The zero-order valence-electron chi connectivity index (χ0n) is 14.5. The van der Waals surface area contributed by atoms with Crippen molar-refractivity contribution >= 4 is 5.97 Å². The van der Waals surface area contributed by atoms with Crippen molar-refractivity contribution in [2.24, 2.45) is 5.92 Å². The molecule has 0 aliphatic rings. The fourth-order valence-corrected chi connectivity index (χ4v) is 2.31. The lowest BCUT2D eigenvalue weighted by atomic mass is 9.98. The van der Waals surface area contributed by atoms with Gasteiger partial charge in [-0.3, -0.25) is 4.79 Å². The summed E-state index contributed by atoms with van der Waals surface area (Å²) in [7, 11) is 0. The van der Waals surface area contributed by atoms with Gasteiger partial charge in [-0.2, -0.15) is 0 Å². The van der Waals surface area contributed by atoms with Crippen LogP contribution in [0.3, 0.4) is 0 Å². The molecule has 2 nitrogen and oxygen atoms in total. The molecule has 0 saturated heterocycles. The summed E-state index contributed by atoms with van der Waals surface area (Å²) in [4.78, 5) is 10.9. The minimum absolute atomic E-state index is 0.143. The highest BCUT2D eigenvalue weighted by molar-refractivity contribution is 5.69. The van der Waals surface area contributed by atoms with Crippen molar-refractivity contribution in [1.82, 2.24) is 0 Å². The standard InChI is InChI=1S/C20H34O2/c1-3-5-6-7-8-9-10-11-12-13-14-15-16-17-18-19(4-2)20(21)22/h7-12,19H,3-6,13-18H2,1-2H3,(H,21,22). The molecule has 0 amide bonds. The Bertz CT molecular complexity index is 340. The van der Waals surface area contributed by atoms with Crippen molar-refractivity contribution in [1.29, 1.82) is 0 Å². The summed E-state index contributed by atoms with van der Waals surface area (Å²) in [5.74, 6) is -0.781. The first-order chi connectivity index (χ1) is 10.7. The highest BCUT2D eigenvalue weighted by atomic mass is 16.4. The number of hydrogen-bond acceptors (Lipinski definition) is 1. The van der Waals surface area contributed by atoms with Crippen LogP contribution in [-0.2, 0) is 4.79 Å². The number of carbonyl (C=O) groups is 1. The van der Waals surface area contributed by atoms with Gasteiger partial charge in [0, 0.05) is 0 Å². The van der Waals surface area contributed by atoms with Crippen LogP contribution >= 0.6 is 0 Å². The highest BCUT2D eigenvalue weighted by Crippen LogP contribution is 2.14. The summed E-state index contributed by atoms with van der Waals surface area (Å²) in [5.41, 5.74) is 0. The molecule has 1 N–H and O–H groups in total. The molecule has 0 spiro atoms. The SMILES string of the molecule is CCCCC=CC=CC=CCCCCCCC(CC)C(=O)O. The zero-order chi connectivity index (χ0) is 16.5. The minimum Gasteiger partial charge on any atom is -0.481 e. The van der Waals surface area contributed by atoms with E-state index in [0.29, 0.717) is 0 Å². The minimum atomic E-state index is -0.638. The van der Waals surface area contributed by atoms with Crippen molar-refractivity contribution in [3.05, 3.63) is 36.5 Å². The third-order valence-electron chi connectivity index (χ3n) is 3.85. The molecule has 0 heterocycles. The number of hydrogen-bond donors (Lipinski definition) is 1. The molecule has 0 aliphatic heterocycles. The number of carboxylic acids is 1. The number of allylic oxidation sites excluding steroid dienone is 6. The second kappa shape index (κ2) is 16.1. The van der Waals surface area contributed by atoms with Crippen molar-refractivity contribution < 1.29 is 9.90 Å². The van der Waals surface area contributed by atoms with Crippen LogP contribution in [-0.4, -0.2) is 11.1 Å². The Morgan fingerprint density at radius 1 is 0.864 bits per heavy atom. The van der Waals surface area contributed by atoms with Crippen LogP contribution < -0.4 is 0 Å². The summed E-state index contributed by atoms with van der Waals surface area (Å²) >= 11 is 0. The van der Waals surface area contributed by atoms with E-state index in [1.807, 2.05) is 6.92 Å². The summed E-state index contributed by atoms with van der Waals surface area (Å²) in [5, 5.41) is 8.96. The molecule has 2 heteroatoms. The monoisotopic (exact) mass is 306 g/mol. The van der Waals surface area contributed by atoms with Crippen LogP contribution in [0.1, 0.15) is 78.1 Å². The Labute approximate surface area is 137 Å². The van der Waals surface area contributed by atoms with E-state index in [9.17, 15) is 4.79 Å². The second-order valence-electron chi connectivity index (χ2n) is 5.82. The maximum absolute atomic E-state index is 10.9. The van der Waals surface area contributed by atoms with Crippen molar-refractivity contribution in [2.75, 3.05) is 0 Å². The number of rotatable bonds is 14. The first kappa shape index (κ1) is 20.7. The van der Waals surface area contributed by atoms with Crippen LogP contribution in [0.4, 0.5) is 0 Å². The largest absolute Gasteiger partial charge is 0.481 e. The molecule has 126 valence electrons. The lowest BCUT2D eigenvalue weighted by Gasteiger charge is -2.08. The quantitative estimate of drug-likeness (QED) is 0.302. The van der Waals surface area contributed by atoms with E-state index in [2.05, 4.69) is 43.4 Å². The molecular weight excluding hydrogens is 272 g/mol. The smallest absolute Gasteiger partial charge is 0.306 e. The summed E-state index contributed by atoms with van der Waals surface area (Å²) in [6, 6.07) is 0. The van der Waals surface area contributed by atoms with Crippen molar-refractivity contribution in [2.45, 2.75) is 78.1 Å². The third kappa shape index (κ3) is 13.7.